The molecule has 0 aromatic carbocycles. The van der Waals surface area contributed by atoms with E-state index in [-0.39, 0.29) is 0 Å². The summed E-state index contributed by atoms with van der Waals surface area (Å²) in [6.07, 6.45) is -46.8. The number of rotatable bonds is 13. The molecule has 0 aromatic heterocycles. The number of aliphatic hydroxyl groups is 17. The van der Waals surface area contributed by atoms with Crippen LogP contribution in [0, 0.1) is 0 Å². The summed E-state index contributed by atoms with van der Waals surface area (Å²) in [7, 11) is 0. The van der Waals surface area contributed by atoms with Gasteiger partial charge in [0.2, 0.25) is 0 Å². The summed E-state index contributed by atoms with van der Waals surface area (Å²) in [6.45, 7) is -4.39. The molecule has 5 saturated heterocycles. The highest BCUT2D eigenvalue weighted by Gasteiger charge is 2.55. The first-order valence-corrected chi connectivity index (χ1v) is 17.6. The molecule has 0 radical (unpaired) electrons. The van der Waals surface area contributed by atoms with Gasteiger partial charge in [-0.1, -0.05) is 0 Å². The van der Waals surface area contributed by atoms with Crippen molar-refractivity contribution >= 4 is 0 Å². The van der Waals surface area contributed by atoms with Gasteiger partial charge in [0, 0.05) is 0 Å². The Balaban J connectivity index is 1.36. The lowest BCUT2D eigenvalue weighted by Crippen LogP contribution is -2.67. The fourth-order valence-corrected chi connectivity index (χ4v) is 6.91. The van der Waals surface area contributed by atoms with Crippen molar-refractivity contribution in [3.63, 3.8) is 0 Å². The number of hydrogen-bond donors (Lipinski definition) is 17. The summed E-state index contributed by atoms with van der Waals surface area (Å²) >= 11 is 0. The third-order valence-corrected chi connectivity index (χ3v) is 10.3. The number of aliphatic hydroxyl groups excluding tert-OH is 17. The van der Waals surface area contributed by atoms with Gasteiger partial charge in [-0.05, 0) is 0 Å². The van der Waals surface area contributed by atoms with Crippen LogP contribution in [0.4, 0.5) is 0 Å². The third-order valence-electron chi connectivity index (χ3n) is 10.3. The molecule has 0 spiro atoms. The molecule has 25 atom stereocenters. The van der Waals surface area contributed by atoms with Crippen LogP contribution in [0.15, 0.2) is 0 Å². The molecule has 0 unspecified atom stereocenters. The van der Waals surface area contributed by atoms with Crippen LogP contribution in [-0.2, 0) is 42.6 Å². The number of ether oxygens (including phenoxy) is 9. The molecule has 0 bridgehead atoms. The van der Waals surface area contributed by atoms with Crippen molar-refractivity contribution in [1.82, 2.24) is 0 Å². The Hall–Kier alpha value is -1.04. The summed E-state index contributed by atoms with van der Waals surface area (Å²) in [5.41, 5.74) is 0. The van der Waals surface area contributed by atoms with Crippen LogP contribution in [0.2, 0.25) is 0 Å². The number of hydrogen-bond acceptors (Lipinski definition) is 26. The van der Waals surface area contributed by atoms with Gasteiger partial charge in [-0.15, -0.1) is 0 Å². The molecule has 56 heavy (non-hydrogen) atoms. The van der Waals surface area contributed by atoms with Crippen molar-refractivity contribution in [2.75, 3.05) is 33.0 Å². The minimum Gasteiger partial charge on any atom is -0.394 e. The van der Waals surface area contributed by atoms with E-state index in [1.807, 2.05) is 0 Å². The predicted octanol–water partition coefficient (Wildman–Crippen LogP) is -11.9. The summed E-state index contributed by atoms with van der Waals surface area (Å²) in [5, 5.41) is 176. The predicted molar refractivity (Wildman–Crippen MR) is 167 cm³/mol. The second-order valence-corrected chi connectivity index (χ2v) is 14.0. The molecule has 0 saturated carbocycles. The highest BCUT2D eigenvalue weighted by Crippen LogP contribution is 2.34. The van der Waals surface area contributed by atoms with Gasteiger partial charge in [0.1, 0.15) is 122 Å². The van der Waals surface area contributed by atoms with Crippen LogP contribution in [0.1, 0.15) is 0 Å². The Morgan fingerprint density at radius 2 is 0.625 bits per heavy atom. The maximum Gasteiger partial charge on any atom is 0.187 e. The van der Waals surface area contributed by atoms with E-state index in [1.165, 1.54) is 0 Å². The van der Waals surface area contributed by atoms with Crippen LogP contribution in [0.3, 0.4) is 0 Å². The Morgan fingerprint density at radius 1 is 0.304 bits per heavy atom. The molecule has 328 valence electrons. The first kappa shape index (κ1) is 46.0. The fraction of sp³-hybridized carbons (Fsp3) is 1.00. The van der Waals surface area contributed by atoms with E-state index in [0.717, 1.165) is 0 Å². The van der Waals surface area contributed by atoms with Crippen LogP contribution in [0.25, 0.3) is 0 Å². The zero-order valence-electron chi connectivity index (χ0n) is 29.2. The van der Waals surface area contributed by atoms with E-state index in [9.17, 15) is 86.8 Å². The first-order chi connectivity index (χ1) is 26.5. The van der Waals surface area contributed by atoms with E-state index in [4.69, 9.17) is 42.6 Å². The first-order valence-electron chi connectivity index (χ1n) is 17.6. The zero-order valence-corrected chi connectivity index (χ0v) is 29.2. The summed E-state index contributed by atoms with van der Waals surface area (Å²) in [4.78, 5) is 0. The Labute approximate surface area is 316 Å². The monoisotopic (exact) mass is 828 g/mol. The van der Waals surface area contributed by atoms with Gasteiger partial charge in [0.15, 0.2) is 31.5 Å². The highest BCUT2D eigenvalue weighted by molar-refractivity contribution is 4.98. The second kappa shape index (κ2) is 19.6. The largest absolute Gasteiger partial charge is 0.394 e. The van der Waals surface area contributed by atoms with Crippen molar-refractivity contribution in [1.29, 1.82) is 0 Å². The van der Waals surface area contributed by atoms with E-state index in [0.29, 0.717) is 0 Å². The fourth-order valence-electron chi connectivity index (χ4n) is 6.91. The molecule has 26 heteroatoms. The van der Waals surface area contributed by atoms with Crippen LogP contribution >= 0.6 is 0 Å². The zero-order chi connectivity index (χ0) is 41.3. The molecular weight excluding hydrogens is 776 g/mol. The SMILES string of the molecule is OC[C@H]1O[C@@H](O[C@H]2[C@@H](O)[C@@H](CO)O[C@@H](OC[C@H]3O[C@@H](O[C@@H]4[C@@H](O)[C@H](O)O[C@H](CO)[C@@H]4O)[C@H](O)[C@@H](O[C@@H]4O[C@H](CO)[C@H](O)[C@H](O)[C@H]4O)[C@H]3O)[C@@H]2O)[C@H](O)[C@@H](O)[C@H]1O. The van der Waals surface area contributed by atoms with Crippen molar-refractivity contribution in [3.05, 3.63) is 0 Å². The van der Waals surface area contributed by atoms with Gasteiger partial charge in [0.05, 0.1) is 33.0 Å². The summed E-state index contributed by atoms with van der Waals surface area (Å²) in [6, 6.07) is 0. The highest BCUT2D eigenvalue weighted by atomic mass is 16.8. The maximum absolute atomic E-state index is 11.4. The van der Waals surface area contributed by atoms with Gasteiger partial charge in [0.25, 0.3) is 0 Å². The lowest BCUT2D eigenvalue weighted by atomic mass is 9.95. The third kappa shape index (κ3) is 9.31. The van der Waals surface area contributed by atoms with Crippen molar-refractivity contribution < 1.29 is 129 Å². The molecule has 17 N–H and O–H groups in total. The average Bonchev–Trinajstić information content (AvgIpc) is 3.18. The molecular formula is C30H52O26. The molecule has 0 amide bonds. The summed E-state index contributed by atoms with van der Waals surface area (Å²) < 4.78 is 49.1. The van der Waals surface area contributed by atoms with Gasteiger partial charge in [-0.2, -0.15) is 0 Å². The molecule has 5 rings (SSSR count). The maximum atomic E-state index is 11.4. The van der Waals surface area contributed by atoms with E-state index in [1.54, 1.807) is 0 Å². The molecule has 5 aliphatic rings. The van der Waals surface area contributed by atoms with E-state index in [2.05, 4.69) is 0 Å². The standard InChI is InChI=1S/C30H52O26/c31-1-6-11(35)16(40)18(42)28(51-6)55-24-14(38)9(4-34)50-27(21(24)45)48-5-10-15(39)25(56-29-19(43)17(41)12(36)7(2-32)52-29)22(46)30(53-10)54-23-13(37)8(3-33)49-26(47)20(23)44/h6-47H,1-5H2/t6-,7-,8-,9-,10-,11+,12+,13+,14+,15+,16+,17+,18-,19-,20-,21-,22-,23+,24+,25+,26-,27-,28+,29+,30+/m1/s1. The lowest BCUT2D eigenvalue weighted by Gasteiger charge is -2.48. The Kier molecular flexibility index (Phi) is 16.1. The summed E-state index contributed by atoms with van der Waals surface area (Å²) in [5.74, 6) is 0. The van der Waals surface area contributed by atoms with Gasteiger partial charge < -0.3 is 129 Å². The molecule has 0 aromatic rings. The normalized spacial score (nSPS) is 53.2. The minimum absolute atomic E-state index is 0.839. The molecule has 26 nitrogen and oxygen atoms in total. The van der Waals surface area contributed by atoms with Crippen molar-refractivity contribution in [2.45, 2.75) is 154 Å². The molecule has 5 heterocycles. The average molecular weight is 829 g/mol. The Bertz CT molecular complexity index is 1200. The van der Waals surface area contributed by atoms with Gasteiger partial charge in [-0.25, -0.2) is 0 Å². The van der Waals surface area contributed by atoms with Crippen molar-refractivity contribution in [3.8, 4) is 0 Å². The second-order valence-electron chi connectivity index (χ2n) is 14.0. The molecule has 0 aliphatic carbocycles. The van der Waals surface area contributed by atoms with Crippen LogP contribution in [0.5, 0.6) is 0 Å². The topological polar surface area (TPSA) is 427 Å². The smallest absolute Gasteiger partial charge is 0.187 e. The lowest BCUT2D eigenvalue weighted by molar-refractivity contribution is -0.386. The Morgan fingerprint density at radius 3 is 1.07 bits per heavy atom. The van der Waals surface area contributed by atoms with Crippen LogP contribution < -0.4 is 0 Å². The molecule has 5 fully saturated rings. The quantitative estimate of drug-likeness (QED) is 0.0819. The van der Waals surface area contributed by atoms with E-state index < -0.39 is 187 Å². The van der Waals surface area contributed by atoms with Crippen LogP contribution in [-0.4, -0.2) is 273 Å². The molecule has 5 aliphatic heterocycles. The van der Waals surface area contributed by atoms with E-state index >= 15 is 0 Å². The van der Waals surface area contributed by atoms with Crippen molar-refractivity contribution in [2.24, 2.45) is 0 Å². The van der Waals surface area contributed by atoms with Gasteiger partial charge in [-0.3, -0.25) is 0 Å². The minimum atomic E-state index is -2.15. The van der Waals surface area contributed by atoms with Gasteiger partial charge >= 0.3 is 0 Å².